The number of hydrogen-bond acceptors (Lipinski definition) is 2. The quantitative estimate of drug-likeness (QED) is 0.869. The second-order valence-electron chi connectivity index (χ2n) is 3.29. The molecule has 17 heavy (non-hydrogen) atoms. The molecule has 0 amide bonds. The molecule has 0 bridgehead atoms. The molecule has 3 nitrogen and oxygen atoms in total. The first-order valence-electron chi connectivity index (χ1n) is 4.32. The van der Waals surface area contributed by atoms with Crippen molar-refractivity contribution in [3.05, 3.63) is 34.0 Å². The molecule has 0 saturated carbocycles. The zero-order valence-corrected chi connectivity index (χ0v) is 9.59. The van der Waals surface area contributed by atoms with Gasteiger partial charge in [0.2, 0.25) is 5.76 Å². The highest BCUT2D eigenvalue weighted by atomic mass is 79.9. The molecule has 90 valence electrons. The Bertz CT molecular complexity index is 601. The van der Waals surface area contributed by atoms with E-state index in [0.29, 0.717) is 0 Å². The average Bonchev–Trinajstić information content (AvgIpc) is 2.58. The third kappa shape index (κ3) is 2.14. The Labute approximate surface area is 101 Å². The number of alkyl halides is 3. The Balaban J connectivity index is 2.79. The van der Waals surface area contributed by atoms with Crippen molar-refractivity contribution in [1.82, 2.24) is 0 Å². The summed E-state index contributed by atoms with van der Waals surface area (Å²) in [6, 6.07) is 3.26. The molecule has 1 heterocycles. The van der Waals surface area contributed by atoms with Crippen LogP contribution in [0.1, 0.15) is 16.1 Å². The summed E-state index contributed by atoms with van der Waals surface area (Å²) in [5, 5.41) is 8.75. The van der Waals surface area contributed by atoms with Crippen molar-refractivity contribution in [2.24, 2.45) is 0 Å². The average molecular weight is 309 g/mol. The first-order valence-corrected chi connectivity index (χ1v) is 5.12. The van der Waals surface area contributed by atoms with Gasteiger partial charge in [0.1, 0.15) is 5.58 Å². The Morgan fingerprint density at radius 3 is 2.47 bits per heavy atom. The minimum atomic E-state index is -4.60. The lowest BCUT2D eigenvalue weighted by molar-refractivity contribution is -0.136. The summed E-state index contributed by atoms with van der Waals surface area (Å²) in [6.07, 6.45) is -4.60. The monoisotopic (exact) mass is 308 g/mol. The SMILES string of the molecule is O=C(O)c1cc2cc(Br)cc(C(F)(F)F)c2o1. The van der Waals surface area contributed by atoms with E-state index in [9.17, 15) is 18.0 Å². The molecule has 0 saturated heterocycles. The predicted octanol–water partition coefficient (Wildman–Crippen LogP) is 3.91. The summed E-state index contributed by atoms with van der Waals surface area (Å²) >= 11 is 2.93. The van der Waals surface area contributed by atoms with E-state index in [1.807, 2.05) is 0 Å². The van der Waals surface area contributed by atoms with Gasteiger partial charge in [-0.15, -0.1) is 0 Å². The Morgan fingerprint density at radius 2 is 1.94 bits per heavy atom. The van der Waals surface area contributed by atoms with E-state index in [-0.39, 0.29) is 9.86 Å². The number of aromatic carboxylic acids is 1. The van der Waals surface area contributed by atoms with Gasteiger partial charge in [0.15, 0.2) is 0 Å². The number of carboxylic acids is 1. The molecular weight excluding hydrogens is 305 g/mol. The molecule has 0 aliphatic rings. The Hall–Kier alpha value is -1.50. The van der Waals surface area contributed by atoms with Crippen LogP contribution in [0.25, 0.3) is 11.0 Å². The van der Waals surface area contributed by atoms with Gasteiger partial charge in [-0.1, -0.05) is 15.9 Å². The molecule has 1 aromatic carbocycles. The van der Waals surface area contributed by atoms with E-state index >= 15 is 0 Å². The van der Waals surface area contributed by atoms with E-state index < -0.39 is 29.1 Å². The summed E-state index contributed by atoms with van der Waals surface area (Å²) < 4.78 is 42.9. The number of benzene rings is 1. The first kappa shape index (κ1) is 12.0. The molecule has 0 aliphatic heterocycles. The Kier molecular flexibility index (Phi) is 2.65. The first-order chi connectivity index (χ1) is 7.79. The minimum Gasteiger partial charge on any atom is -0.475 e. The van der Waals surface area contributed by atoms with Gasteiger partial charge in [-0.05, 0) is 18.2 Å². The maximum absolute atomic E-state index is 12.7. The maximum Gasteiger partial charge on any atom is 0.420 e. The molecule has 0 atom stereocenters. The lowest BCUT2D eigenvalue weighted by Gasteiger charge is -2.07. The zero-order chi connectivity index (χ0) is 12.8. The summed E-state index contributed by atoms with van der Waals surface area (Å²) in [7, 11) is 0. The van der Waals surface area contributed by atoms with E-state index in [1.165, 1.54) is 6.07 Å². The predicted molar refractivity (Wildman–Crippen MR) is 55.9 cm³/mol. The molecule has 7 heteroatoms. The van der Waals surface area contributed by atoms with Crippen LogP contribution in [0.15, 0.2) is 27.1 Å². The van der Waals surface area contributed by atoms with Crippen LogP contribution in [0.5, 0.6) is 0 Å². The number of carboxylic acid groups (broad SMARTS) is 1. The third-order valence-corrected chi connectivity index (χ3v) is 2.56. The maximum atomic E-state index is 12.7. The van der Waals surface area contributed by atoms with E-state index in [1.54, 1.807) is 0 Å². The van der Waals surface area contributed by atoms with Gasteiger partial charge < -0.3 is 9.52 Å². The summed E-state index contributed by atoms with van der Waals surface area (Å²) in [6.45, 7) is 0. The summed E-state index contributed by atoms with van der Waals surface area (Å²) in [5.41, 5.74) is -1.48. The molecule has 2 aromatic rings. The van der Waals surface area contributed by atoms with Crippen molar-refractivity contribution in [1.29, 1.82) is 0 Å². The van der Waals surface area contributed by atoms with Gasteiger partial charge in [0.05, 0.1) is 5.56 Å². The highest BCUT2D eigenvalue weighted by Gasteiger charge is 2.35. The van der Waals surface area contributed by atoms with Gasteiger partial charge in [-0.3, -0.25) is 0 Å². The number of halogens is 4. The van der Waals surface area contributed by atoms with Gasteiger partial charge in [-0.25, -0.2) is 4.79 Å². The van der Waals surface area contributed by atoms with Crippen molar-refractivity contribution in [2.45, 2.75) is 6.18 Å². The minimum absolute atomic E-state index is 0.0871. The molecule has 0 radical (unpaired) electrons. The number of carbonyl (C=O) groups is 1. The van der Waals surface area contributed by atoms with Crippen LogP contribution >= 0.6 is 15.9 Å². The zero-order valence-electron chi connectivity index (χ0n) is 8.01. The summed E-state index contributed by atoms with van der Waals surface area (Å²) in [5.74, 6) is -1.94. The normalized spacial score (nSPS) is 12.0. The number of rotatable bonds is 1. The molecule has 0 aliphatic carbocycles. The van der Waals surface area contributed by atoms with E-state index in [0.717, 1.165) is 12.1 Å². The van der Waals surface area contributed by atoms with E-state index in [2.05, 4.69) is 15.9 Å². The topological polar surface area (TPSA) is 50.4 Å². The van der Waals surface area contributed by atoms with Crippen molar-refractivity contribution in [3.8, 4) is 0 Å². The van der Waals surface area contributed by atoms with Crippen molar-refractivity contribution < 1.29 is 27.5 Å². The van der Waals surface area contributed by atoms with Crippen LogP contribution in [0.3, 0.4) is 0 Å². The fourth-order valence-corrected chi connectivity index (χ4v) is 1.91. The fourth-order valence-electron chi connectivity index (χ4n) is 1.43. The van der Waals surface area contributed by atoms with Gasteiger partial charge in [0, 0.05) is 9.86 Å². The van der Waals surface area contributed by atoms with Crippen molar-refractivity contribution >= 4 is 32.9 Å². The Morgan fingerprint density at radius 1 is 1.29 bits per heavy atom. The highest BCUT2D eigenvalue weighted by Crippen LogP contribution is 2.38. The lowest BCUT2D eigenvalue weighted by atomic mass is 10.1. The van der Waals surface area contributed by atoms with Crippen LogP contribution < -0.4 is 0 Å². The van der Waals surface area contributed by atoms with Crippen molar-refractivity contribution in [2.75, 3.05) is 0 Å². The molecule has 1 N–H and O–H groups in total. The molecule has 0 unspecified atom stereocenters. The molecule has 2 rings (SSSR count). The van der Waals surface area contributed by atoms with Crippen molar-refractivity contribution in [3.63, 3.8) is 0 Å². The van der Waals surface area contributed by atoms with Crippen LogP contribution in [0.4, 0.5) is 13.2 Å². The molecule has 0 fully saturated rings. The highest BCUT2D eigenvalue weighted by molar-refractivity contribution is 9.10. The van der Waals surface area contributed by atoms with Crippen LogP contribution in [-0.4, -0.2) is 11.1 Å². The third-order valence-electron chi connectivity index (χ3n) is 2.10. The van der Waals surface area contributed by atoms with Crippen LogP contribution in [-0.2, 0) is 6.18 Å². The van der Waals surface area contributed by atoms with Crippen LogP contribution in [0, 0.1) is 0 Å². The van der Waals surface area contributed by atoms with Gasteiger partial charge in [0.25, 0.3) is 0 Å². The van der Waals surface area contributed by atoms with Crippen LogP contribution in [0.2, 0.25) is 0 Å². The van der Waals surface area contributed by atoms with Gasteiger partial charge in [-0.2, -0.15) is 13.2 Å². The van der Waals surface area contributed by atoms with E-state index in [4.69, 9.17) is 9.52 Å². The fraction of sp³-hybridized carbons (Fsp3) is 0.100. The molecule has 1 aromatic heterocycles. The second kappa shape index (κ2) is 3.76. The number of hydrogen-bond donors (Lipinski definition) is 1. The lowest BCUT2D eigenvalue weighted by Crippen LogP contribution is -2.05. The summed E-state index contributed by atoms with van der Waals surface area (Å²) in [4.78, 5) is 10.6. The molecule has 0 spiro atoms. The number of fused-ring (bicyclic) bond motifs is 1. The standard InChI is InChI=1S/C10H4BrF3O3/c11-5-1-4-2-7(9(15)16)17-8(4)6(3-5)10(12,13)14/h1-3H,(H,15,16). The van der Waals surface area contributed by atoms with Gasteiger partial charge >= 0.3 is 12.1 Å². The largest absolute Gasteiger partial charge is 0.475 e. The molecular formula is C10H4BrF3O3. The smallest absolute Gasteiger partial charge is 0.420 e. The second-order valence-corrected chi connectivity index (χ2v) is 4.20. The number of furan rings is 1.